The quantitative estimate of drug-likeness (QED) is 0.472. The van der Waals surface area contributed by atoms with E-state index in [1.54, 1.807) is 0 Å². The number of aryl methyl sites for hydroxylation is 2. The van der Waals surface area contributed by atoms with Gasteiger partial charge in [0, 0.05) is 6.42 Å². The highest BCUT2D eigenvalue weighted by Gasteiger charge is 2.20. The maximum atomic E-state index is 2.43. The minimum absolute atomic E-state index is 0.392. The highest BCUT2D eigenvalue weighted by molar-refractivity contribution is 5.82. The van der Waals surface area contributed by atoms with Crippen LogP contribution < -0.4 is 0 Å². The highest BCUT2D eigenvalue weighted by Crippen LogP contribution is 2.39. The van der Waals surface area contributed by atoms with Gasteiger partial charge in [0.05, 0.1) is 0 Å². The molecule has 3 rings (SSSR count). The smallest absolute Gasteiger partial charge is 0.0211 e. The van der Waals surface area contributed by atoms with E-state index >= 15 is 0 Å². The molecule has 0 saturated heterocycles. The predicted octanol–water partition coefficient (Wildman–Crippen LogP) is 7.23. The van der Waals surface area contributed by atoms with Crippen LogP contribution >= 0.6 is 0 Å². The molecule has 0 N–H and O–H groups in total. The predicted molar refractivity (Wildman–Crippen MR) is 110 cm³/mol. The van der Waals surface area contributed by atoms with Crippen molar-refractivity contribution in [1.82, 2.24) is 0 Å². The number of hydrogen-bond donors (Lipinski definition) is 0. The molecule has 1 aliphatic rings. The topological polar surface area (TPSA) is 0 Å². The standard InChI is InChI=1S/C25H33/c1-24(2,3)13-11-18-7-9-20-17-21-10-8-19(12-14-25(4,5)6)16-23(21)22(20)15-18/h7-10,15-17H,11-14H2,1-6H3. The Bertz CT molecular complexity index is 685. The van der Waals surface area contributed by atoms with E-state index in [1.807, 2.05) is 0 Å². The van der Waals surface area contributed by atoms with Gasteiger partial charge in [-0.2, -0.15) is 0 Å². The van der Waals surface area contributed by atoms with Crippen molar-refractivity contribution in [1.29, 1.82) is 0 Å². The van der Waals surface area contributed by atoms with Crippen molar-refractivity contribution in [2.75, 3.05) is 0 Å². The molecule has 0 unspecified atom stereocenters. The van der Waals surface area contributed by atoms with Crippen LogP contribution in [0.25, 0.3) is 11.1 Å². The molecule has 0 heterocycles. The second-order valence-electron chi connectivity index (χ2n) is 10.1. The molecule has 1 radical (unpaired) electrons. The minimum atomic E-state index is 0.392. The fourth-order valence-corrected chi connectivity index (χ4v) is 3.44. The molecule has 0 heteroatoms. The summed E-state index contributed by atoms with van der Waals surface area (Å²) in [4.78, 5) is 0. The van der Waals surface area contributed by atoms with Crippen LogP contribution in [0.5, 0.6) is 0 Å². The Hall–Kier alpha value is -1.56. The Morgan fingerprint density at radius 2 is 1.00 bits per heavy atom. The van der Waals surface area contributed by atoms with E-state index in [9.17, 15) is 0 Å². The summed E-state index contributed by atoms with van der Waals surface area (Å²) in [7, 11) is 0. The van der Waals surface area contributed by atoms with Crippen LogP contribution in [0, 0.1) is 17.3 Å². The zero-order valence-corrected chi connectivity index (χ0v) is 16.9. The molecule has 2 aromatic rings. The molecular weight excluding hydrogens is 300 g/mol. The van der Waals surface area contributed by atoms with Crippen molar-refractivity contribution in [3.8, 4) is 11.1 Å². The van der Waals surface area contributed by atoms with E-state index in [0.29, 0.717) is 10.8 Å². The fourth-order valence-electron chi connectivity index (χ4n) is 3.44. The largest absolute Gasteiger partial charge is 0.0602 e. The Morgan fingerprint density at radius 3 is 1.36 bits per heavy atom. The molecule has 0 amide bonds. The first-order valence-corrected chi connectivity index (χ1v) is 9.72. The number of benzene rings is 2. The lowest BCUT2D eigenvalue weighted by Gasteiger charge is -2.18. The molecule has 2 aromatic carbocycles. The maximum Gasteiger partial charge on any atom is 0.0211 e. The summed E-state index contributed by atoms with van der Waals surface area (Å²) in [5.41, 5.74) is 9.33. The maximum absolute atomic E-state index is 2.43. The molecular formula is C25H33. The van der Waals surface area contributed by atoms with Gasteiger partial charge in [0.25, 0.3) is 0 Å². The van der Waals surface area contributed by atoms with Gasteiger partial charge in [0.1, 0.15) is 0 Å². The molecule has 133 valence electrons. The highest BCUT2D eigenvalue weighted by atomic mass is 14.2. The van der Waals surface area contributed by atoms with Gasteiger partial charge in [-0.1, -0.05) is 77.9 Å². The van der Waals surface area contributed by atoms with Crippen molar-refractivity contribution >= 4 is 0 Å². The van der Waals surface area contributed by atoms with Crippen molar-refractivity contribution in [3.05, 3.63) is 65.1 Å². The third kappa shape index (κ3) is 4.75. The summed E-state index contributed by atoms with van der Waals surface area (Å²) in [6.45, 7) is 13.9. The van der Waals surface area contributed by atoms with Crippen molar-refractivity contribution < 1.29 is 0 Å². The first kappa shape index (κ1) is 18.2. The average molecular weight is 334 g/mol. The number of rotatable bonds is 4. The van der Waals surface area contributed by atoms with Crippen molar-refractivity contribution in [2.45, 2.75) is 67.2 Å². The first-order valence-electron chi connectivity index (χ1n) is 9.72. The molecule has 0 atom stereocenters. The Labute approximate surface area is 154 Å². The van der Waals surface area contributed by atoms with Gasteiger partial charge in [-0.3, -0.25) is 0 Å². The Kier molecular flexibility index (Phi) is 4.84. The van der Waals surface area contributed by atoms with E-state index in [2.05, 4.69) is 84.4 Å². The summed E-state index contributed by atoms with van der Waals surface area (Å²) in [6, 6.07) is 14.1. The number of fused-ring (bicyclic) bond motifs is 3. The summed E-state index contributed by atoms with van der Waals surface area (Å²) in [5.74, 6) is 0. The van der Waals surface area contributed by atoms with Crippen LogP contribution in [0.4, 0.5) is 0 Å². The van der Waals surface area contributed by atoms with E-state index in [-0.39, 0.29) is 0 Å². The van der Waals surface area contributed by atoms with Gasteiger partial charge < -0.3 is 0 Å². The minimum Gasteiger partial charge on any atom is -0.0602 e. The van der Waals surface area contributed by atoms with Crippen LogP contribution in [0.15, 0.2) is 36.4 Å². The zero-order valence-electron chi connectivity index (χ0n) is 16.9. The molecule has 0 bridgehead atoms. The van der Waals surface area contributed by atoms with Gasteiger partial charge in [-0.05, 0) is 69.9 Å². The van der Waals surface area contributed by atoms with Gasteiger partial charge in [-0.15, -0.1) is 0 Å². The van der Waals surface area contributed by atoms with Gasteiger partial charge in [0.15, 0.2) is 0 Å². The van der Waals surface area contributed by atoms with Gasteiger partial charge >= 0.3 is 0 Å². The summed E-state index contributed by atoms with van der Waals surface area (Å²) in [6.07, 6.45) is 7.12. The lowest BCUT2D eigenvalue weighted by atomic mass is 9.87. The summed E-state index contributed by atoms with van der Waals surface area (Å²) < 4.78 is 0. The van der Waals surface area contributed by atoms with E-state index in [1.165, 1.54) is 46.2 Å². The second kappa shape index (κ2) is 6.63. The third-order valence-corrected chi connectivity index (χ3v) is 5.16. The lowest BCUT2D eigenvalue weighted by molar-refractivity contribution is 0.378. The van der Waals surface area contributed by atoms with E-state index in [0.717, 1.165) is 12.8 Å². The van der Waals surface area contributed by atoms with Crippen LogP contribution in [-0.2, 0) is 12.8 Å². The van der Waals surface area contributed by atoms with E-state index in [4.69, 9.17) is 0 Å². The van der Waals surface area contributed by atoms with Crippen molar-refractivity contribution in [2.24, 2.45) is 10.8 Å². The Morgan fingerprint density at radius 1 is 0.600 bits per heavy atom. The van der Waals surface area contributed by atoms with Crippen LogP contribution in [0.3, 0.4) is 0 Å². The molecule has 0 aliphatic heterocycles. The third-order valence-electron chi connectivity index (χ3n) is 5.16. The SMILES string of the molecule is CC(C)(C)CCc1ccc2c(c1)-c1cc(CCC(C)(C)C)ccc1[CH]2. The van der Waals surface area contributed by atoms with Crippen LogP contribution in [0.1, 0.15) is 76.6 Å². The van der Waals surface area contributed by atoms with Crippen LogP contribution in [-0.4, -0.2) is 0 Å². The van der Waals surface area contributed by atoms with Crippen molar-refractivity contribution in [3.63, 3.8) is 0 Å². The number of hydrogen-bond acceptors (Lipinski definition) is 0. The van der Waals surface area contributed by atoms with Gasteiger partial charge in [-0.25, -0.2) is 0 Å². The molecule has 0 aromatic heterocycles. The lowest BCUT2D eigenvalue weighted by Crippen LogP contribution is -2.06. The summed E-state index contributed by atoms with van der Waals surface area (Å²) >= 11 is 0. The monoisotopic (exact) mass is 333 g/mol. The average Bonchev–Trinajstić information content (AvgIpc) is 2.87. The molecule has 1 aliphatic carbocycles. The Balaban J connectivity index is 1.83. The molecule has 0 spiro atoms. The first-order chi connectivity index (χ1) is 11.6. The zero-order chi connectivity index (χ0) is 18.2. The molecule has 0 saturated carbocycles. The van der Waals surface area contributed by atoms with Crippen LogP contribution in [0.2, 0.25) is 0 Å². The van der Waals surface area contributed by atoms with E-state index < -0.39 is 0 Å². The second-order valence-corrected chi connectivity index (χ2v) is 10.1. The summed E-state index contributed by atoms with van der Waals surface area (Å²) in [5, 5.41) is 0. The molecule has 0 fully saturated rings. The van der Waals surface area contributed by atoms with Gasteiger partial charge in [0.2, 0.25) is 0 Å². The normalized spacial score (nSPS) is 13.7. The molecule has 0 nitrogen and oxygen atoms in total. The molecule has 25 heavy (non-hydrogen) atoms. The fraction of sp³-hybridized carbons (Fsp3) is 0.480.